The molecule has 0 saturated carbocycles. The van der Waals surface area contributed by atoms with E-state index >= 15 is 0 Å². The summed E-state index contributed by atoms with van der Waals surface area (Å²) in [4.78, 5) is 27.5. The molecule has 2 rings (SSSR count). The summed E-state index contributed by atoms with van der Waals surface area (Å²) >= 11 is 1.05. The number of aromatic carboxylic acids is 1. The summed E-state index contributed by atoms with van der Waals surface area (Å²) in [5, 5.41) is 12.4. The van der Waals surface area contributed by atoms with Gasteiger partial charge in [0.1, 0.15) is 9.88 Å². The molecule has 0 spiro atoms. The molecule has 5 nitrogen and oxygen atoms in total. The number of amides is 1. The smallest absolute Gasteiger partial charge is 0.347 e. The number of anilines is 1. The fraction of sp³-hybridized carbons (Fsp3) is 0.312. The second-order valence-corrected chi connectivity index (χ2v) is 6.41. The fourth-order valence-electron chi connectivity index (χ4n) is 2.42. The van der Waals surface area contributed by atoms with Crippen LogP contribution in [0.2, 0.25) is 0 Å². The van der Waals surface area contributed by atoms with Crippen LogP contribution in [-0.4, -0.2) is 22.0 Å². The van der Waals surface area contributed by atoms with Gasteiger partial charge in [-0.05, 0) is 38.8 Å². The number of carboxylic acids is 1. The summed E-state index contributed by atoms with van der Waals surface area (Å²) in [6.45, 7) is 7.55. The van der Waals surface area contributed by atoms with Crippen LogP contribution in [0.5, 0.6) is 0 Å². The van der Waals surface area contributed by atoms with Crippen molar-refractivity contribution in [3.63, 3.8) is 0 Å². The molecule has 1 amide bonds. The van der Waals surface area contributed by atoms with Gasteiger partial charge in [0, 0.05) is 5.69 Å². The lowest BCUT2D eigenvalue weighted by atomic mass is 10.1. The Kier molecular flexibility index (Phi) is 4.61. The molecular formula is C16H18N2O3S. The van der Waals surface area contributed by atoms with E-state index in [-0.39, 0.29) is 17.2 Å². The van der Waals surface area contributed by atoms with Gasteiger partial charge >= 0.3 is 5.97 Å². The van der Waals surface area contributed by atoms with Gasteiger partial charge < -0.3 is 10.4 Å². The summed E-state index contributed by atoms with van der Waals surface area (Å²) in [6, 6.07) is 4.03. The van der Waals surface area contributed by atoms with Gasteiger partial charge in [0.05, 0.1) is 12.1 Å². The third-order valence-electron chi connectivity index (χ3n) is 3.29. The number of hydrogen-bond donors (Lipinski definition) is 2. The first kappa shape index (κ1) is 16.2. The predicted octanol–water partition coefficient (Wildman–Crippen LogP) is 3.26. The average molecular weight is 318 g/mol. The maximum Gasteiger partial charge on any atom is 0.347 e. The van der Waals surface area contributed by atoms with E-state index in [1.54, 1.807) is 6.92 Å². The van der Waals surface area contributed by atoms with Crippen molar-refractivity contribution in [3.8, 4) is 0 Å². The molecule has 6 heteroatoms. The molecule has 0 aliphatic heterocycles. The van der Waals surface area contributed by atoms with E-state index in [2.05, 4.69) is 10.3 Å². The Morgan fingerprint density at radius 1 is 1.18 bits per heavy atom. The molecule has 1 aromatic heterocycles. The summed E-state index contributed by atoms with van der Waals surface area (Å²) < 4.78 is 0. The van der Waals surface area contributed by atoms with E-state index in [4.69, 9.17) is 5.11 Å². The number of rotatable bonds is 4. The fourth-order valence-corrected chi connectivity index (χ4v) is 3.33. The number of nitrogens with one attached hydrogen (secondary N) is 1. The van der Waals surface area contributed by atoms with Gasteiger partial charge in [0.15, 0.2) is 0 Å². The Balaban J connectivity index is 2.14. The van der Waals surface area contributed by atoms with Crippen molar-refractivity contribution >= 4 is 28.9 Å². The molecular weight excluding hydrogens is 300 g/mol. The zero-order valence-corrected chi connectivity index (χ0v) is 13.8. The van der Waals surface area contributed by atoms with Crippen LogP contribution in [0.1, 0.15) is 37.1 Å². The molecule has 0 saturated heterocycles. The standard InChI is InChI=1S/C16H18N2O3S/c1-8-5-9(2)14(10(3)6-8)18-12(19)7-13-17-11(4)15(22-13)16(20)21/h5-6H,7H2,1-4H3,(H,18,19)(H,20,21). The topological polar surface area (TPSA) is 79.3 Å². The van der Waals surface area contributed by atoms with Gasteiger partial charge in [-0.15, -0.1) is 11.3 Å². The van der Waals surface area contributed by atoms with E-state index in [9.17, 15) is 9.59 Å². The van der Waals surface area contributed by atoms with Crippen molar-refractivity contribution in [2.45, 2.75) is 34.1 Å². The minimum absolute atomic E-state index is 0.0749. The maximum absolute atomic E-state index is 12.2. The highest BCUT2D eigenvalue weighted by Gasteiger charge is 2.16. The first-order valence-electron chi connectivity index (χ1n) is 6.85. The molecule has 116 valence electrons. The van der Waals surface area contributed by atoms with Gasteiger partial charge in [-0.1, -0.05) is 17.7 Å². The largest absolute Gasteiger partial charge is 0.477 e. The molecule has 0 aliphatic carbocycles. The van der Waals surface area contributed by atoms with E-state index in [1.165, 1.54) is 0 Å². The normalized spacial score (nSPS) is 10.5. The number of nitrogens with zero attached hydrogens (tertiary/aromatic N) is 1. The molecule has 2 N–H and O–H groups in total. The van der Waals surface area contributed by atoms with Crippen molar-refractivity contribution in [1.29, 1.82) is 0 Å². The molecule has 1 heterocycles. The van der Waals surface area contributed by atoms with Crippen LogP contribution in [0.25, 0.3) is 0 Å². The molecule has 0 atom stereocenters. The molecule has 0 unspecified atom stereocenters. The van der Waals surface area contributed by atoms with Crippen molar-refractivity contribution in [2.24, 2.45) is 0 Å². The van der Waals surface area contributed by atoms with Crippen molar-refractivity contribution in [2.75, 3.05) is 5.32 Å². The number of carbonyl (C=O) groups excluding carboxylic acids is 1. The molecule has 0 radical (unpaired) electrons. The Hall–Kier alpha value is -2.21. The third kappa shape index (κ3) is 3.51. The molecule has 2 aromatic rings. The quantitative estimate of drug-likeness (QED) is 0.907. The van der Waals surface area contributed by atoms with Crippen LogP contribution in [0.4, 0.5) is 5.69 Å². The van der Waals surface area contributed by atoms with Crippen LogP contribution < -0.4 is 5.32 Å². The van der Waals surface area contributed by atoms with Gasteiger partial charge in [-0.3, -0.25) is 4.79 Å². The molecule has 0 bridgehead atoms. The Morgan fingerprint density at radius 2 is 1.77 bits per heavy atom. The number of thiazole rings is 1. The van der Waals surface area contributed by atoms with Crippen LogP contribution in [0.3, 0.4) is 0 Å². The second-order valence-electron chi connectivity index (χ2n) is 5.33. The van der Waals surface area contributed by atoms with E-state index < -0.39 is 5.97 Å². The summed E-state index contributed by atoms with van der Waals surface area (Å²) in [7, 11) is 0. The summed E-state index contributed by atoms with van der Waals surface area (Å²) in [5.74, 6) is -1.20. The van der Waals surface area contributed by atoms with Crippen molar-refractivity contribution in [3.05, 3.63) is 44.4 Å². The van der Waals surface area contributed by atoms with Crippen LogP contribution in [-0.2, 0) is 11.2 Å². The average Bonchev–Trinajstić information content (AvgIpc) is 2.74. The molecule has 0 aliphatic rings. The number of carbonyl (C=O) groups is 2. The lowest BCUT2D eigenvalue weighted by Gasteiger charge is -2.12. The van der Waals surface area contributed by atoms with Gasteiger partial charge in [-0.2, -0.15) is 0 Å². The second kappa shape index (κ2) is 6.27. The maximum atomic E-state index is 12.2. The SMILES string of the molecule is Cc1cc(C)c(NC(=O)Cc2nc(C)c(C(=O)O)s2)c(C)c1. The van der Waals surface area contributed by atoms with Crippen molar-refractivity contribution in [1.82, 2.24) is 4.98 Å². The first-order valence-corrected chi connectivity index (χ1v) is 7.67. The Bertz CT molecular complexity index is 727. The highest BCUT2D eigenvalue weighted by atomic mass is 32.1. The van der Waals surface area contributed by atoms with Gasteiger partial charge in [-0.25, -0.2) is 9.78 Å². The van der Waals surface area contributed by atoms with E-state index in [0.717, 1.165) is 33.7 Å². The van der Waals surface area contributed by atoms with Gasteiger partial charge in [0.2, 0.25) is 5.91 Å². The Labute approximate surface area is 133 Å². The van der Waals surface area contributed by atoms with Crippen molar-refractivity contribution < 1.29 is 14.7 Å². The number of hydrogen-bond acceptors (Lipinski definition) is 4. The first-order chi connectivity index (χ1) is 10.3. The minimum atomic E-state index is -1.01. The lowest BCUT2D eigenvalue weighted by molar-refractivity contribution is -0.115. The van der Waals surface area contributed by atoms with E-state index in [1.807, 2.05) is 32.9 Å². The monoisotopic (exact) mass is 318 g/mol. The van der Waals surface area contributed by atoms with Crippen LogP contribution in [0, 0.1) is 27.7 Å². The zero-order valence-electron chi connectivity index (χ0n) is 13.0. The van der Waals surface area contributed by atoms with Crippen LogP contribution in [0.15, 0.2) is 12.1 Å². The number of aromatic nitrogens is 1. The number of carboxylic acid groups (broad SMARTS) is 1. The van der Waals surface area contributed by atoms with Crippen LogP contribution >= 0.6 is 11.3 Å². The predicted molar refractivity (Wildman–Crippen MR) is 86.8 cm³/mol. The van der Waals surface area contributed by atoms with E-state index in [0.29, 0.717) is 10.7 Å². The third-order valence-corrected chi connectivity index (χ3v) is 4.43. The summed E-state index contributed by atoms with van der Waals surface area (Å²) in [5.41, 5.74) is 4.42. The number of benzene rings is 1. The lowest BCUT2D eigenvalue weighted by Crippen LogP contribution is -2.16. The molecule has 0 fully saturated rings. The highest BCUT2D eigenvalue weighted by molar-refractivity contribution is 7.13. The van der Waals surface area contributed by atoms with Gasteiger partial charge in [0.25, 0.3) is 0 Å². The number of aryl methyl sites for hydroxylation is 4. The molecule has 1 aromatic carbocycles. The minimum Gasteiger partial charge on any atom is -0.477 e. The zero-order chi connectivity index (χ0) is 16.4. The highest BCUT2D eigenvalue weighted by Crippen LogP contribution is 2.23. The Morgan fingerprint density at radius 3 is 2.27 bits per heavy atom. The summed E-state index contributed by atoms with van der Waals surface area (Å²) in [6.07, 6.45) is 0.0749. The molecule has 22 heavy (non-hydrogen) atoms.